The van der Waals surface area contributed by atoms with Crippen molar-refractivity contribution in [2.45, 2.75) is 60.7 Å². The number of hydrogen-bond donors (Lipinski definition) is 2. The van der Waals surface area contributed by atoms with Crippen LogP contribution in [0, 0.1) is 0 Å². The molecular weight excluding hydrogens is 517 g/mol. The summed E-state index contributed by atoms with van der Waals surface area (Å²) >= 11 is 0. The molecule has 2 aromatic heterocycles. The highest BCUT2D eigenvalue weighted by Gasteiger charge is 2.56. The van der Waals surface area contributed by atoms with E-state index in [9.17, 15) is 35.1 Å². The Labute approximate surface area is 206 Å². The smallest absolute Gasteiger partial charge is 0.380 e. The summed E-state index contributed by atoms with van der Waals surface area (Å²) in [7, 11) is -7.43. The van der Waals surface area contributed by atoms with Gasteiger partial charge in [-0.2, -0.15) is 13.2 Å². The number of aliphatic hydroxyl groups is 1. The van der Waals surface area contributed by atoms with Crippen molar-refractivity contribution in [2.75, 3.05) is 5.75 Å². The Morgan fingerprint density at radius 3 is 2.47 bits per heavy atom. The molecule has 0 spiro atoms. The quantitative estimate of drug-likeness (QED) is 0.459. The largest absolute Gasteiger partial charge is 0.417 e. The highest BCUT2D eigenvalue weighted by atomic mass is 32.2. The molecule has 36 heavy (non-hydrogen) atoms. The molecule has 1 aliphatic heterocycles. The first-order valence-corrected chi connectivity index (χ1v) is 14.3. The van der Waals surface area contributed by atoms with Gasteiger partial charge in [0.25, 0.3) is 0 Å². The van der Waals surface area contributed by atoms with Crippen molar-refractivity contribution in [3.63, 3.8) is 0 Å². The summed E-state index contributed by atoms with van der Waals surface area (Å²) in [5.74, 6) is -0.180. The molecule has 0 amide bonds. The number of hydrogen-bond acceptors (Lipinski definition) is 6. The van der Waals surface area contributed by atoms with Gasteiger partial charge in [-0.25, -0.2) is 21.8 Å². The van der Waals surface area contributed by atoms with Crippen LogP contribution in [0.15, 0.2) is 51.9 Å². The number of aromatic nitrogens is 2. The van der Waals surface area contributed by atoms with Crippen LogP contribution in [0.2, 0.25) is 0 Å². The van der Waals surface area contributed by atoms with Crippen molar-refractivity contribution in [3.05, 3.63) is 58.8 Å². The van der Waals surface area contributed by atoms with E-state index in [1.54, 1.807) is 12.1 Å². The molecule has 3 heterocycles. The second kappa shape index (κ2) is 8.42. The summed E-state index contributed by atoms with van der Waals surface area (Å²) in [6.07, 6.45) is -4.11. The summed E-state index contributed by atoms with van der Waals surface area (Å²) in [4.78, 5) is 6.61. The van der Waals surface area contributed by atoms with Crippen molar-refractivity contribution in [1.82, 2.24) is 9.97 Å². The molecule has 7 nitrogen and oxygen atoms in total. The van der Waals surface area contributed by atoms with Crippen LogP contribution < -0.4 is 0 Å². The molecule has 1 unspecified atom stereocenters. The number of halogens is 3. The normalized spacial score (nSPS) is 17.3. The Balaban J connectivity index is 1.73. The summed E-state index contributed by atoms with van der Waals surface area (Å²) in [5, 5.41) is 12.2. The lowest BCUT2D eigenvalue weighted by Gasteiger charge is -2.38. The Morgan fingerprint density at radius 2 is 1.83 bits per heavy atom. The van der Waals surface area contributed by atoms with Crippen LogP contribution in [-0.4, -0.2) is 49.4 Å². The molecule has 0 aliphatic carbocycles. The van der Waals surface area contributed by atoms with E-state index in [1.165, 1.54) is 51.2 Å². The average Bonchev–Trinajstić information content (AvgIpc) is 3.31. The molecule has 0 saturated carbocycles. The van der Waals surface area contributed by atoms with E-state index < -0.39 is 49.7 Å². The minimum absolute atomic E-state index is 0.0288. The van der Waals surface area contributed by atoms with Gasteiger partial charge in [0.15, 0.2) is 20.5 Å². The van der Waals surface area contributed by atoms with Crippen LogP contribution in [0.5, 0.6) is 0 Å². The summed E-state index contributed by atoms with van der Waals surface area (Å²) in [5.41, 5.74) is -3.69. The molecule has 194 valence electrons. The van der Waals surface area contributed by atoms with Gasteiger partial charge in [0, 0.05) is 22.9 Å². The van der Waals surface area contributed by atoms with Crippen molar-refractivity contribution >= 4 is 36.7 Å². The van der Waals surface area contributed by atoms with Crippen molar-refractivity contribution in [2.24, 2.45) is 0 Å². The molecule has 12 heteroatoms. The van der Waals surface area contributed by atoms with Gasteiger partial charge in [-0.3, -0.25) is 0 Å². The zero-order valence-corrected chi connectivity index (χ0v) is 21.4. The van der Waals surface area contributed by atoms with Crippen molar-refractivity contribution < 1.29 is 35.1 Å². The summed E-state index contributed by atoms with van der Waals surface area (Å²) in [6, 6.07) is 7.22. The highest BCUT2D eigenvalue weighted by Crippen LogP contribution is 2.46. The van der Waals surface area contributed by atoms with E-state index in [1.807, 2.05) is 0 Å². The van der Waals surface area contributed by atoms with Gasteiger partial charge in [-0.1, -0.05) is 39.0 Å². The fourth-order valence-corrected chi connectivity index (χ4v) is 7.05. The number of nitrogens with zero attached hydrogens (tertiary/aromatic N) is 1. The average molecular weight is 543 g/mol. The highest BCUT2D eigenvalue weighted by molar-refractivity contribution is 7.95. The molecule has 0 bridgehead atoms. The zero-order chi connectivity index (χ0) is 26.7. The van der Waals surface area contributed by atoms with E-state index in [0.29, 0.717) is 16.5 Å². The van der Waals surface area contributed by atoms with Gasteiger partial charge in [0.05, 0.1) is 22.4 Å². The minimum Gasteiger partial charge on any atom is -0.380 e. The predicted molar refractivity (Wildman–Crippen MR) is 129 cm³/mol. The van der Waals surface area contributed by atoms with E-state index in [0.717, 1.165) is 5.41 Å². The first-order chi connectivity index (χ1) is 16.5. The lowest BCUT2D eigenvalue weighted by atomic mass is 9.73. The van der Waals surface area contributed by atoms with Crippen molar-refractivity contribution in [1.29, 1.82) is 0 Å². The van der Waals surface area contributed by atoms with E-state index in [2.05, 4.69) is 9.97 Å². The number of fused-ring (bicyclic) bond motifs is 2. The summed E-state index contributed by atoms with van der Waals surface area (Å²) in [6.45, 7) is 4.38. The molecule has 4 rings (SSSR count). The molecule has 1 aromatic carbocycles. The van der Waals surface area contributed by atoms with Gasteiger partial charge in [-0.05, 0) is 41.2 Å². The lowest BCUT2D eigenvalue weighted by molar-refractivity contribution is -0.266. The Morgan fingerprint density at radius 1 is 1.14 bits per heavy atom. The third-order valence-electron chi connectivity index (χ3n) is 6.47. The van der Waals surface area contributed by atoms with E-state index >= 15 is 0 Å². The predicted octanol–water partition coefficient (Wildman–Crippen LogP) is 4.32. The van der Waals surface area contributed by atoms with E-state index in [4.69, 9.17) is 0 Å². The van der Waals surface area contributed by atoms with Crippen LogP contribution in [0.3, 0.4) is 0 Å². The molecule has 0 radical (unpaired) electrons. The van der Waals surface area contributed by atoms with Crippen LogP contribution >= 0.6 is 0 Å². The standard InChI is InChI=1S/C24H25F3N2O5S2/c1-4-35(31,32)20-11-16-10-17(29-19(16)13-28-20)12-23(30,24(25,26)27)14-22(2,3)18-7-5-6-15-8-9-36(33,34)21(15)18/h5-11,13,29-30H,4,12,14H2,1-3H3. The summed E-state index contributed by atoms with van der Waals surface area (Å²) < 4.78 is 92.3. The van der Waals surface area contributed by atoms with E-state index in [-0.39, 0.29) is 26.9 Å². The lowest BCUT2D eigenvalue weighted by Crippen LogP contribution is -2.51. The number of sulfone groups is 2. The van der Waals surface area contributed by atoms with Crippen molar-refractivity contribution in [3.8, 4) is 0 Å². The second-order valence-electron chi connectivity index (χ2n) is 9.65. The monoisotopic (exact) mass is 542 g/mol. The number of H-pyrrole nitrogens is 1. The zero-order valence-electron chi connectivity index (χ0n) is 19.7. The van der Waals surface area contributed by atoms with Gasteiger partial charge in [-0.15, -0.1) is 0 Å². The fraction of sp³-hybridized carbons (Fsp3) is 0.375. The Kier molecular flexibility index (Phi) is 6.17. The fourth-order valence-electron chi connectivity index (χ4n) is 4.66. The molecule has 1 aliphatic rings. The maximum absolute atomic E-state index is 14.3. The van der Waals surface area contributed by atoms with Gasteiger partial charge in [0.2, 0.25) is 9.84 Å². The number of pyridine rings is 1. The maximum Gasteiger partial charge on any atom is 0.417 e. The van der Waals surface area contributed by atoms with Crippen LogP contribution in [0.25, 0.3) is 17.0 Å². The number of benzene rings is 1. The molecular formula is C24H25F3N2O5S2. The minimum atomic E-state index is -5.05. The number of alkyl halides is 3. The van der Waals surface area contributed by atoms with Gasteiger partial charge in [0.1, 0.15) is 0 Å². The molecule has 0 saturated heterocycles. The SMILES string of the molecule is CCS(=O)(=O)c1cc2cc(CC(O)(CC(C)(C)c3cccc4c3S(=O)(=O)C=C4)C(F)(F)F)[nH]c2cn1. The van der Waals surface area contributed by atoms with Crippen LogP contribution in [0.1, 0.15) is 44.0 Å². The van der Waals surface area contributed by atoms with Gasteiger partial charge < -0.3 is 10.1 Å². The molecule has 1 atom stereocenters. The molecule has 0 fully saturated rings. The second-order valence-corrected chi connectivity index (χ2v) is 13.6. The van der Waals surface area contributed by atoms with Gasteiger partial charge >= 0.3 is 6.18 Å². The third-order valence-corrected chi connectivity index (χ3v) is 9.61. The first-order valence-electron chi connectivity index (χ1n) is 11.1. The number of aromatic amines is 1. The first kappa shape index (κ1) is 26.4. The topological polar surface area (TPSA) is 117 Å². The number of rotatable bonds is 7. The Bertz CT molecular complexity index is 1590. The van der Waals surface area contributed by atoms with Crippen LogP contribution in [-0.2, 0) is 31.5 Å². The maximum atomic E-state index is 14.3. The number of nitrogens with one attached hydrogen (secondary N) is 1. The Hall–Kier alpha value is -2.70. The molecule has 3 aromatic rings. The third kappa shape index (κ3) is 4.57. The molecule has 2 N–H and O–H groups in total. The van der Waals surface area contributed by atoms with Crippen LogP contribution in [0.4, 0.5) is 13.2 Å².